The van der Waals surface area contributed by atoms with Crippen LogP contribution in [0.3, 0.4) is 0 Å². The highest BCUT2D eigenvalue weighted by atomic mass is 16.3. The van der Waals surface area contributed by atoms with Gasteiger partial charge in [-0.3, -0.25) is 0 Å². The smallest absolute Gasteiger partial charge is 0.0869 e. The Bertz CT molecular complexity index is 202. The number of hydrogen-bond donors (Lipinski definition) is 2. The molecule has 0 aliphatic rings. The first-order valence-electron chi connectivity index (χ1n) is 6.00. The number of hydrogen-bond acceptors (Lipinski definition) is 3. The fourth-order valence-corrected chi connectivity index (χ4v) is 1.79. The van der Waals surface area contributed by atoms with Gasteiger partial charge in [-0.1, -0.05) is 13.0 Å². The molecule has 96 valence electrons. The summed E-state index contributed by atoms with van der Waals surface area (Å²) in [5.74, 6) is 0.549. The van der Waals surface area contributed by atoms with Crippen LogP contribution in [0, 0.1) is 5.92 Å². The molecule has 3 nitrogen and oxygen atoms in total. The summed E-state index contributed by atoms with van der Waals surface area (Å²) in [5.41, 5.74) is -0.675. The lowest BCUT2D eigenvalue weighted by Gasteiger charge is -2.30. The lowest BCUT2D eigenvalue weighted by Crippen LogP contribution is -2.48. The zero-order chi connectivity index (χ0) is 12.8. The molecule has 0 saturated carbocycles. The third kappa shape index (κ3) is 6.99. The minimum Gasteiger partial charge on any atom is -0.388 e. The van der Waals surface area contributed by atoms with Crippen LogP contribution >= 0.6 is 0 Å². The Kier molecular flexibility index (Phi) is 6.88. The van der Waals surface area contributed by atoms with Gasteiger partial charge in [0.2, 0.25) is 0 Å². The van der Waals surface area contributed by atoms with Crippen molar-refractivity contribution in [1.82, 2.24) is 10.2 Å². The quantitative estimate of drug-likeness (QED) is 0.618. The van der Waals surface area contributed by atoms with Crippen LogP contribution in [-0.2, 0) is 0 Å². The Hall–Kier alpha value is -0.380. The van der Waals surface area contributed by atoms with Crippen LogP contribution in [0.2, 0.25) is 0 Å². The molecule has 0 bridgehead atoms. The van der Waals surface area contributed by atoms with E-state index >= 15 is 0 Å². The number of nitrogens with one attached hydrogen (secondary N) is 1. The third-order valence-corrected chi connectivity index (χ3v) is 2.85. The van der Waals surface area contributed by atoms with E-state index in [0.29, 0.717) is 25.0 Å². The molecule has 0 aromatic carbocycles. The molecule has 0 aliphatic heterocycles. The number of likely N-dealkylation sites (N-methyl/N-ethyl adjacent to an activating group) is 1. The van der Waals surface area contributed by atoms with Gasteiger partial charge in [-0.05, 0) is 40.3 Å². The fourth-order valence-electron chi connectivity index (χ4n) is 1.79. The molecule has 0 fully saturated rings. The Balaban J connectivity index is 3.98. The highest BCUT2D eigenvalue weighted by molar-refractivity contribution is 4.82. The van der Waals surface area contributed by atoms with Crippen LogP contribution in [-0.4, -0.2) is 48.8 Å². The standard InChI is InChI=1S/C13H28N2O/c1-7-8-11(2)12(3)14-9-13(4,16)10-15(5)6/h7,11-12,14,16H,1,8-10H2,2-6H3. The average molecular weight is 228 g/mol. The van der Waals surface area contributed by atoms with Gasteiger partial charge in [-0.25, -0.2) is 0 Å². The SMILES string of the molecule is C=CCC(C)C(C)NCC(C)(O)CN(C)C. The Morgan fingerprint density at radius 1 is 1.44 bits per heavy atom. The minimum absolute atomic E-state index is 0.395. The van der Waals surface area contributed by atoms with Gasteiger partial charge in [-0.15, -0.1) is 6.58 Å². The molecule has 3 heteroatoms. The minimum atomic E-state index is -0.675. The van der Waals surface area contributed by atoms with E-state index in [4.69, 9.17) is 0 Å². The lowest BCUT2D eigenvalue weighted by atomic mass is 9.98. The summed E-state index contributed by atoms with van der Waals surface area (Å²) in [7, 11) is 3.94. The van der Waals surface area contributed by atoms with E-state index in [2.05, 4.69) is 25.7 Å². The molecule has 0 radical (unpaired) electrons. The second-order valence-electron chi connectivity index (χ2n) is 5.41. The average Bonchev–Trinajstić information content (AvgIpc) is 2.12. The molecule has 0 spiro atoms. The zero-order valence-electron chi connectivity index (χ0n) is 11.5. The second-order valence-corrected chi connectivity index (χ2v) is 5.41. The maximum atomic E-state index is 10.1. The van der Waals surface area contributed by atoms with Gasteiger partial charge in [0.25, 0.3) is 0 Å². The summed E-state index contributed by atoms with van der Waals surface area (Å²) in [6.45, 7) is 11.2. The normalized spacial score (nSPS) is 19.2. The van der Waals surface area contributed by atoms with Gasteiger partial charge in [0, 0.05) is 19.1 Å². The molecule has 0 aliphatic carbocycles. The van der Waals surface area contributed by atoms with E-state index in [9.17, 15) is 5.11 Å². The summed E-state index contributed by atoms with van der Waals surface area (Å²) in [6.07, 6.45) is 2.95. The van der Waals surface area contributed by atoms with Gasteiger partial charge in [0.15, 0.2) is 0 Å². The molecule has 0 heterocycles. The maximum Gasteiger partial charge on any atom is 0.0869 e. The summed E-state index contributed by atoms with van der Waals surface area (Å²) in [5, 5.41) is 13.5. The van der Waals surface area contributed by atoms with E-state index in [1.807, 2.05) is 32.0 Å². The van der Waals surface area contributed by atoms with Crippen LogP contribution in [0.5, 0.6) is 0 Å². The van der Waals surface area contributed by atoms with Crippen molar-refractivity contribution in [1.29, 1.82) is 0 Å². The van der Waals surface area contributed by atoms with Gasteiger partial charge in [-0.2, -0.15) is 0 Å². The Morgan fingerprint density at radius 3 is 2.44 bits per heavy atom. The third-order valence-electron chi connectivity index (χ3n) is 2.85. The molecule has 0 rings (SSSR count). The predicted molar refractivity (Wildman–Crippen MR) is 70.6 cm³/mol. The number of nitrogens with zero attached hydrogens (tertiary/aromatic N) is 1. The van der Waals surface area contributed by atoms with E-state index in [1.54, 1.807) is 0 Å². The molecular weight excluding hydrogens is 200 g/mol. The first-order valence-corrected chi connectivity index (χ1v) is 6.00. The fraction of sp³-hybridized carbons (Fsp3) is 0.846. The monoisotopic (exact) mass is 228 g/mol. The molecule has 0 saturated heterocycles. The topological polar surface area (TPSA) is 35.5 Å². The molecule has 3 unspecified atom stereocenters. The van der Waals surface area contributed by atoms with E-state index in [1.165, 1.54) is 0 Å². The van der Waals surface area contributed by atoms with Crippen LogP contribution in [0.25, 0.3) is 0 Å². The highest BCUT2D eigenvalue weighted by Gasteiger charge is 2.22. The van der Waals surface area contributed by atoms with E-state index in [0.717, 1.165) is 6.42 Å². The molecule has 16 heavy (non-hydrogen) atoms. The molecular formula is C13H28N2O. The highest BCUT2D eigenvalue weighted by Crippen LogP contribution is 2.10. The summed E-state index contributed by atoms with van der Waals surface area (Å²) in [4.78, 5) is 2.00. The molecule has 0 amide bonds. The Labute approximate surface area is 101 Å². The van der Waals surface area contributed by atoms with Gasteiger partial charge in [0.1, 0.15) is 0 Å². The summed E-state index contributed by atoms with van der Waals surface area (Å²) in [6, 6.07) is 0.395. The van der Waals surface area contributed by atoms with Gasteiger partial charge in [0.05, 0.1) is 5.60 Å². The lowest BCUT2D eigenvalue weighted by molar-refractivity contribution is 0.0303. The first-order chi connectivity index (χ1) is 7.28. The van der Waals surface area contributed by atoms with E-state index in [-0.39, 0.29) is 0 Å². The largest absolute Gasteiger partial charge is 0.388 e. The van der Waals surface area contributed by atoms with Crippen molar-refractivity contribution in [3.05, 3.63) is 12.7 Å². The van der Waals surface area contributed by atoms with Crippen LogP contribution in [0.4, 0.5) is 0 Å². The molecule has 0 aromatic heterocycles. The van der Waals surface area contributed by atoms with Crippen LogP contribution in [0.15, 0.2) is 12.7 Å². The number of rotatable bonds is 8. The predicted octanol–water partition coefficient (Wildman–Crippen LogP) is 1.49. The summed E-state index contributed by atoms with van der Waals surface area (Å²) >= 11 is 0. The van der Waals surface area contributed by atoms with Crippen molar-refractivity contribution in [2.75, 3.05) is 27.2 Å². The summed E-state index contributed by atoms with van der Waals surface area (Å²) < 4.78 is 0. The first kappa shape index (κ1) is 15.6. The van der Waals surface area contributed by atoms with Gasteiger partial charge < -0.3 is 15.3 Å². The maximum absolute atomic E-state index is 10.1. The van der Waals surface area contributed by atoms with Crippen molar-refractivity contribution in [2.24, 2.45) is 5.92 Å². The molecule has 0 aromatic rings. The molecule has 2 N–H and O–H groups in total. The van der Waals surface area contributed by atoms with Crippen molar-refractivity contribution in [2.45, 2.75) is 38.8 Å². The number of aliphatic hydroxyl groups is 1. The zero-order valence-corrected chi connectivity index (χ0v) is 11.5. The van der Waals surface area contributed by atoms with E-state index < -0.39 is 5.60 Å². The second kappa shape index (κ2) is 7.05. The number of allylic oxidation sites excluding steroid dienone is 1. The molecule has 3 atom stereocenters. The van der Waals surface area contributed by atoms with Crippen molar-refractivity contribution < 1.29 is 5.11 Å². The Morgan fingerprint density at radius 2 is 2.00 bits per heavy atom. The van der Waals surface area contributed by atoms with Crippen molar-refractivity contribution in [3.63, 3.8) is 0 Å². The van der Waals surface area contributed by atoms with Crippen LogP contribution in [0.1, 0.15) is 27.2 Å². The van der Waals surface area contributed by atoms with Crippen molar-refractivity contribution >= 4 is 0 Å². The van der Waals surface area contributed by atoms with Gasteiger partial charge >= 0.3 is 0 Å². The van der Waals surface area contributed by atoms with Crippen LogP contribution < -0.4 is 5.32 Å². The van der Waals surface area contributed by atoms with Crippen molar-refractivity contribution in [3.8, 4) is 0 Å².